The second kappa shape index (κ2) is 33.4. The number of esters is 2. The van der Waals surface area contributed by atoms with Crippen molar-refractivity contribution in [2.24, 2.45) is 34.7 Å². The number of oxime groups is 1. The SMILES string of the molecule is CC(=O)[O-].CCOC(=O)CCC(=NO)c1nc2ccccc2n(C2C[C@H]3COC[C@@H](C2)N3C2CC3CCCCC(C3)C2)c1=O.CCOC(=O)CCC(=O)c1nc2ccccc2n(C2C[C@H]3COC[C@@H](C2)N3C2CC3CCCCC(C3)C2)c1=O.Cl.NO.[Na+]. The van der Waals surface area contributed by atoms with E-state index in [0.29, 0.717) is 49.5 Å². The predicted molar refractivity (Wildman–Crippen MR) is 323 cm³/mol. The van der Waals surface area contributed by atoms with Crippen LogP contribution < -0.4 is 51.7 Å². The zero-order valence-corrected chi connectivity index (χ0v) is 54.2. The van der Waals surface area contributed by atoms with Crippen molar-refractivity contribution in [2.45, 2.75) is 210 Å². The van der Waals surface area contributed by atoms with Crippen molar-refractivity contribution >= 4 is 63.9 Å². The number of halogens is 1. The third kappa shape index (κ3) is 17.0. The normalized spacial score (nSPS) is 28.5. The molecule has 472 valence electrons. The molecule has 87 heavy (non-hydrogen) atoms. The number of ether oxygens (including phenoxy) is 4. The first kappa shape index (κ1) is 69.8. The monoisotopic (exact) mass is 1240 g/mol. The summed E-state index contributed by atoms with van der Waals surface area (Å²) in [5.74, 6) is 4.59. The molecule has 23 heteroatoms. The number of carboxylic acids is 1. The van der Waals surface area contributed by atoms with Crippen LogP contribution in [-0.2, 0) is 33.3 Å². The number of benzene rings is 2. The number of hydrogen-bond acceptors (Lipinski definition) is 19. The maximum atomic E-state index is 14.1. The van der Waals surface area contributed by atoms with Gasteiger partial charge in [-0.05, 0) is 133 Å². The Bertz CT molecular complexity index is 3050. The number of aromatic nitrogens is 4. The summed E-state index contributed by atoms with van der Waals surface area (Å²) in [5, 5.41) is 28.6. The molecule has 8 bridgehead atoms. The molecule has 4 aliphatic heterocycles. The number of aliphatic carboxylic acids is 1. The third-order valence-electron chi connectivity index (χ3n) is 19.4. The van der Waals surface area contributed by atoms with Crippen LogP contribution in [-0.4, -0.2) is 145 Å². The zero-order valence-electron chi connectivity index (χ0n) is 51.3. The van der Waals surface area contributed by atoms with Crippen molar-refractivity contribution in [3.63, 3.8) is 0 Å². The minimum Gasteiger partial charge on any atom is -0.550 e. The molecule has 0 radical (unpaired) electrons. The van der Waals surface area contributed by atoms with Gasteiger partial charge >= 0.3 is 41.5 Å². The van der Waals surface area contributed by atoms with Crippen LogP contribution in [0.3, 0.4) is 0 Å². The quantitative estimate of drug-likeness (QED) is 0.0379. The minimum absolute atomic E-state index is 0. The molecule has 12 rings (SSSR count). The molecule has 6 unspecified atom stereocenters. The number of para-hydroxylation sites is 4. The molecule has 8 aliphatic rings. The summed E-state index contributed by atoms with van der Waals surface area (Å²) in [6.45, 7) is 7.79. The largest absolute Gasteiger partial charge is 1.00 e. The fourth-order valence-corrected chi connectivity index (χ4v) is 16.3. The average molecular weight is 1240 g/mol. The topological polar surface area (TPSA) is 283 Å². The number of carbonyl (C=O) groups is 4. The molecule has 2 aromatic carbocycles. The van der Waals surface area contributed by atoms with Crippen LogP contribution in [0.15, 0.2) is 63.3 Å². The molecule has 4 N–H and O–H groups in total. The number of carbonyl (C=O) groups excluding carboxylic acids is 4. The Balaban J connectivity index is 0.000000223. The molecule has 0 spiro atoms. The summed E-state index contributed by atoms with van der Waals surface area (Å²) in [7, 11) is 0. The van der Waals surface area contributed by atoms with E-state index in [1.807, 2.05) is 57.7 Å². The van der Waals surface area contributed by atoms with Gasteiger partial charge in [-0.2, -0.15) is 0 Å². The maximum absolute atomic E-state index is 14.1. The van der Waals surface area contributed by atoms with Crippen molar-refractivity contribution in [2.75, 3.05) is 39.6 Å². The first-order chi connectivity index (χ1) is 41.3. The van der Waals surface area contributed by atoms with Gasteiger partial charge in [-0.3, -0.25) is 33.8 Å². The molecule has 4 saturated heterocycles. The second-order valence-corrected chi connectivity index (χ2v) is 24.9. The van der Waals surface area contributed by atoms with Crippen LogP contribution in [0.4, 0.5) is 0 Å². The van der Waals surface area contributed by atoms with E-state index in [0.717, 1.165) is 67.3 Å². The number of ketones is 1. The summed E-state index contributed by atoms with van der Waals surface area (Å²) in [5.41, 5.74) is 2.41. The van der Waals surface area contributed by atoms with E-state index in [1.165, 1.54) is 89.9 Å². The van der Waals surface area contributed by atoms with Gasteiger partial charge in [-0.15, -0.1) is 12.4 Å². The summed E-state index contributed by atoms with van der Waals surface area (Å²) in [6.07, 6.45) is 22.3. The Labute approximate surface area is 538 Å². The summed E-state index contributed by atoms with van der Waals surface area (Å²) in [6, 6.07) is 17.5. The van der Waals surface area contributed by atoms with Crippen LogP contribution in [0.1, 0.15) is 190 Å². The number of nitrogens with two attached hydrogens (primary N) is 1. The fourth-order valence-electron chi connectivity index (χ4n) is 16.3. The second-order valence-electron chi connectivity index (χ2n) is 24.9. The summed E-state index contributed by atoms with van der Waals surface area (Å²) < 4.78 is 25.9. The van der Waals surface area contributed by atoms with Gasteiger partial charge in [0.15, 0.2) is 17.2 Å². The Kier molecular flexibility index (Phi) is 26.8. The molecule has 6 heterocycles. The molecule has 0 amide bonds. The van der Waals surface area contributed by atoms with Crippen LogP contribution in [0.2, 0.25) is 0 Å². The van der Waals surface area contributed by atoms with Crippen LogP contribution in [0.5, 0.6) is 0 Å². The van der Waals surface area contributed by atoms with Gasteiger partial charge in [0.05, 0.1) is 74.5 Å². The Morgan fingerprint density at radius 3 is 1.30 bits per heavy atom. The molecule has 21 nitrogen and oxygen atoms in total. The number of morpholine rings is 2. The van der Waals surface area contributed by atoms with Gasteiger partial charge < -0.3 is 48.4 Å². The van der Waals surface area contributed by atoms with E-state index in [9.17, 15) is 29.2 Å². The van der Waals surface area contributed by atoms with Crippen molar-refractivity contribution < 1.29 is 83.2 Å². The number of fused-ring (bicyclic) bond motifs is 10. The van der Waals surface area contributed by atoms with E-state index in [-0.39, 0.29) is 145 Å². The standard InChI is InChI=1S/C31H42N4O5.C31H41N3O5.C2H4O2.ClH.H3NO.Na/c1-2-40-29(36)12-11-27(33-38)30-31(37)35(28-10-6-5-9-26(28)32-30)23-16-24-18-39-19-25(17-23)34(24)22-14-20-7-3-4-8-21(13-20)15-22;1-2-39-29(36)12-11-28(35)30-31(37)34(27-10-6-5-9-26(27)32-30)23-16-24-18-38-19-25(17-23)33(24)22-14-20-7-3-4-8-21(13-20)15-22;1-2(3)4;;1-2;/h5-6,9-10,20-25,38H,2-4,7-8,11-19H2,1H3;5-6,9-10,20-25H,2-4,7-8,11-19H2,1H3;1H3,(H,3,4);1H;2H,1H2;/q;;;;;+1/p-1/t2*20?,21?,22?,23?,24-,25+;;;;. The predicted octanol–water partition coefficient (Wildman–Crippen LogP) is 4.88. The first-order valence-corrected chi connectivity index (χ1v) is 31.5. The Morgan fingerprint density at radius 2 is 0.920 bits per heavy atom. The van der Waals surface area contributed by atoms with Crippen molar-refractivity contribution in [1.82, 2.24) is 28.9 Å². The maximum Gasteiger partial charge on any atom is 1.00 e. The van der Waals surface area contributed by atoms with E-state index in [1.54, 1.807) is 13.8 Å². The average Bonchev–Trinajstić information content (AvgIpc) is 1.18. The van der Waals surface area contributed by atoms with Crippen LogP contribution in [0, 0.1) is 23.7 Å². The van der Waals surface area contributed by atoms with E-state index in [4.69, 9.17) is 34.1 Å². The van der Waals surface area contributed by atoms with Crippen molar-refractivity contribution in [1.29, 1.82) is 0 Å². The summed E-state index contributed by atoms with van der Waals surface area (Å²) >= 11 is 0. The smallest absolute Gasteiger partial charge is 0.550 e. The number of carboxylic acid groups (broad SMARTS) is 1. The minimum atomic E-state index is -1.08. The molecule has 2 aromatic heterocycles. The van der Waals surface area contributed by atoms with Crippen LogP contribution >= 0.6 is 12.4 Å². The molecular formula is C64H90ClN8NaO13. The summed E-state index contributed by atoms with van der Waals surface area (Å²) in [4.78, 5) is 88.5. The molecule has 10 atom stereocenters. The van der Waals surface area contributed by atoms with Gasteiger partial charge in [0.25, 0.3) is 11.1 Å². The molecule has 4 saturated carbocycles. The van der Waals surface area contributed by atoms with Crippen molar-refractivity contribution in [3.8, 4) is 0 Å². The van der Waals surface area contributed by atoms with E-state index >= 15 is 0 Å². The number of nitrogens with zero attached hydrogens (tertiary/aromatic N) is 7. The molecule has 8 fully saturated rings. The third-order valence-corrected chi connectivity index (χ3v) is 19.4. The van der Waals surface area contributed by atoms with Crippen LogP contribution in [0.25, 0.3) is 22.1 Å². The number of piperidine rings is 2. The number of rotatable bonds is 14. The van der Waals surface area contributed by atoms with Gasteiger partial charge in [0.1, 0.15) is 5.71 Å². The van der Waals surface area contributed by atoms with Crippen molar-refractivity contribution in [3.05, 3.63) is 80.6 Å². The first-order valence-electron chi connectivity index (χ1n) is 31.5. The molecule has 4 aliphatic carbocycles. The fraction of sp³-hybridized carbons (Fsp3) is 0.672. The van der Waals surface area contributed by atoms with Gasteiger partial charge in [0, 0.05) is 67.1 Å². The molecule has 4 aromatic rings. The Morgan fingerprint density at radius 1 is 0.563 bits per heavy atom. The van der Waals surface area contributed by atoms with Gasteiger partial charge in [0.2, 0.25) is 0 Å². The molecular weight excluding hydrogens is 1150 g/mol. The van der Waals surface area contributed by atoms with Gasteiger partial charge in [-0.1, -0.05) is 80.8 Å². The number of hydrogen-bond donors (Lipinski definition) is 3. The van der Waals surface area contributed by atoms with E-state index in [2.05, 4.69) is 30.8 Å². The van der Waals surface area contributed by atoms with Gasteiger partial charge in [-0.25, -0.2) is 15.9 Å². The van der Waals surface area contributed by atoms with E-state index < -0.39 is 23.7 Å². The zero-order chi connectivity index (χ0) is 60.1. The number of Topliss-reactive ketones (excluding diaryl/α,β-unsaturated/α-hetero) is 1. The Hall–Kier alpha value is -4.68.